The van der Waals surface area contributed by atoms with Crippen LogP contribution in [0, 0.1) is 11.3 Å². The number of thioether (sulfide) groups is 1. The van der Waals surface area contributed by atoms with Crippen molar-refractivity contribution in [3.63, 3.8) is 0 Å². The second kappa shape index (κ2) is 5.47. The fourth-order valence-electron chi connectivity index (χ4n) is 2.25. The van der Waals surface area contributed by atoms with Crippen LogP contribution in [0.5, 0.6) is 0 Å². The molecule has 0 radical (unpaired) electrons. The van der Waals surface area contributed by atoms with Crippen molar-refractivity contribution in [2.75, 3.05) is 11.9 Å². The molecule has 0 bridgehead atoms. The van der Waals surface area contributed by atoms with Crippen LogP contribution >= 0.6 is 11.8 Å². The molecule has 0 saturated carbocycles. The lowest BCUT2D eigenvalue weighted by atomic mass is 10.1. The number of fused-ring (bicyclic) bond motifs is 1. The largest absolute Gasteiger partial charge is 0.337 e. The average Bonchev–Trinajstić information content (AvgIpc) is 2.86. The van der Waals surface area contributed by atoms with E-state index in [0.717, 1.165) is 10.6 Å². The number of benzene rings is 2. The Morgan fingerprint density at radius 2 is 1.76 bits per heavy atom. The van der Waals surface area contributed by atoms with Gasteiger partial charge in [-0.15, -0.1) is 0 Å². The number of para-hydroxylation sites is 1. The van der Waals surface area contributed by atoms with Crippen LogP contribution in [0.2, 0.25) is 0 Å². The fourth-order valence-corrected chi connectivity index (χ4v) is 3.39. The van der Waals surface area contributed by atoms with E-state index in [0.29, 0.717) is 10.6 Å². The maximum atomic E-state index is 12.5. The molecule has 2 aromatic carbocycles. The number of nitriles is 1. The maximum Gasteiger partial charge on any atom is 0.206 e. The molecule has 0 spiro atoms. The number of anilines is 1. The summed E-state index contributed by atoms with van der Waals surface area (Å²) in [6.45, 7) is 0. The molecule has 21 heavy (non-hydrogen) atoms. The lowest BCUT2D eigenvalue weighted by Gasteiger charge is -2.14. The number of Topliss-reactive ketones (excluding diaryl/α,β-unsaturated/α-hetero) is 1. The molecule has 0 unspecified atom stereocenters. The summed E-state index contributed by atoms with van der Waals surface area (Å²) in [7, 11) is 1.88. The van der Waals surface area contributed by atoms with Gasteiger partial charge in [0, 0.05) is 17.5 Å². The van der Waals surface area contributed by atoms with Gasteiger partial charge in [0.15, 0.2) is 0 Å². The Hall–Kier alpha value is -2.51. The van der Waals surface area contributed by atoms with E-state index in [4.69, 9.17) is 0 Å². The third-order valence-corrected chi connectivity index (χ3v) is 4.56. The Morgan fingerprint density at radius 1 is 1.10 bits per heavy atom. The fraction of sp³-hybridized carbons (Fsp3) is 0.0588. The molecular formula is C17H12N2OS. The third-order valence-electron chi connectivity index (χ3n) is 3.33. The van der Waals surface area contributed by atoms with E-state index in [1.54, 1.807) is 24.3 Å². The highest BCUT2D eigenvalue weighted by Crippen LogP contribution is 2.46. The number of hydrogen-bond donors (Lipinski definition) is 0. The highest BCUT2D eigenvalue weighted by Gasteiger charge is 2.28. The standard InChI is InChI=1S/C17H12N2OS/c1-19-14-9-5-6-10-15(14)21-17(19)13(11-18)16(20)12-7-3-2-4-8-12/h2-10H,1H3. The third kappa shape index (κ3) is 2.32. The van der Waals surface area contributed by atoms with Crippen LogP contribution in [0.15, 0.2) is 70.1 Å². The Balaban J connectivity index is 2.06. The van der Waals surface area contributed by atoms with Crippen LogP contribution in [0.25, 0.3) is 0 Å². The van der Waals surface area contributed by atoms with E-state index < -0.39 is 0 Å². The molecule has 1 aliphatic rings. The molecule has 0 saturated heterocycles. The van der Waals surface area contributed by atoms with Crippen molar-refractivity contribution in [1.29, 1.82) is 5.26 Å². The number of allylic oxidation sites excluding steroid dienone is 1. The SMILES string of the molecule is CN1C(=C(C#N)C(=O)c2ccccc2)Sc2ccccc21. The molecule has 0 amide bonds. The molecule has 2 aromatic rings. The highest BCUT2D eigenvalue weighted by molar-refractivity contribution is 8.03. The minimum atomic E-state index is -0.236. The van der Waals surface area contributed by atoms with Crippen molar-refractivity contribution >= 4 is 23.2 Å². The van der Waals surface area contributed by atoms with Gasteiger partial charge >= 0.3 is 0 Å². The van der Waals surface area contributed by atoms with Gasteiger partial charge in [-0.25, -0.2) is 0 Å². The summed E-state index contributed by atoms with van der Waals surface area (Å²) in [6, 6.07) is 18.9. The highest BCUT2D eigenvalue weighted by atomic mass is 32.2. The summed E-state index contributed by atoms with van der Waals surface area (Å²) in [6.07, 6.45) is 0. The number of ketones is 1. The summed E-state index contributed by atoms with van der Waals surface area (Å²) >= 11 is 1.46. The monoisotopic (exact) mass is 292 g/mol. The topological polar surface area (TPSA) is 44.1 Å². The van der Waals surface area contributed by atoms with Crippen molar-refractivity contribution < 1.29 is 4.79 Å². The van der Waals surface area contributed by atoms with Gasteiger partial charge in [0.2, 0.25) is 5.78 Å². The molecule has 0 fully saturated rings. The smallest absolute Gasteiger partial charge is 0.206 e. The van der Waals surface area contributed by atoms with Crippen LogP contribution in [-0.2, 0) is 0 Å². The van der Waals surface area contributed by atoms with Crippen molar-refractivity contribution in [2.24, 2.45) is 0 Å². The molecule has 0 aromatic heterocycles. The van der Waals surface area contributed by atoms with E-state index in [1.807, 2.05) is 42.3 Å². The predicted octanol–water partition coefficient (Wildman–Crippen LogP) is 3.85. The van der Waals surface area contributed by atoms with E-state index in [-0.39, 0.29) is 11.4 Å². The Morgan fingerprint density at radius 3 is 2.43 bits per heavy atom. The molecule has 1 heterocycles. The van der Waals surface area contributed by atoms with Gasteiger partial charge in [0.1, 0.15) is 16.7 Å². The summed E-state index contributed by atoms with van der Waals surface area (Å²) in [5.74, 6) is -0.236. The molecule has 0 N–H and O–H groups in total. The first-order valence-corrected chi connectivity index (χ1v) is 7.28. The van der Waals surface area contributed by atoms with Crippen molar-refractivity contribution in [3.05, 3.63) is 70.8 Å². The van der Waals surface area contributed by atoms with Gasteiger partial charge in [-0.1, -0.05) is 54.2 Å². The number of carbonyl (C=O) groups is 1. The average molecular weight is 292 g/mol. The van der Waals surface area contributed by atoms with E-state index >= 15 is 0 Å². The molecule has 102 valence electrons. The molecule has 0 aliphatic carbocycles. The van der Waals surface area contributed by atoms with Gasteiger partial charge in [0.05, 0.1) is 5.69 Å². The summed E-state index contributed by atoms with van der Waals surface area (Å²) < 4.78 is 0. The Labute approximate surface area is 127 Å². The van der Waals surface area contributed by atoms with Crippen molar-refractivity contribution in [3.8, 4) is 6.07 Å². The second-order valence-electron chi connectivity index (χ2n) is 4.62. The van der Waals surface area contributed by atoms with Gasteiger partial charge in [-0.2, -0.15) is 5.26 Å². The van der Waals surface area contributed by atoms with Crippen LogP contribution in [-0.4, -0.2) is 12.8 Å². The normalized spacial score (nSPS) is 15.3. The lowest BCUT2D eigenvalue weighted by molar-refractivity contribution is 0.103. The summed E-state index contributed by atoms with van der Waals surface area (Å²) in [4.78, 5) is 15.5. The minimum Gasteiger partial charge on any atom is -0.337 e. The van der Waals surface area contributed by atoms with Gasteiger partial charge in [-0.05, 0) is 12.1 Å². The van der Waals surface area contributed by atoms with Gasteiger partial charge < -0.3 is 4.90 Å². The molecular weight excluding hydrogens is 280 g/mol. The molecule has 3 nitrogen and oxygen atoms in total. The van der Waals surface area contributed by atoms with Crippen molar-refractivity contribution in [2.45, 2.75) is 4.90 Å². The molecule has 1 aliphatic heterocycles. The first-order valence-electron chi connectivity index (χ1n) is 6.47. The Kier molecular flexibility index (Phi) is 3.51. The Bertz CT molecular complexity index is 775. The van der Waals surface area contributed by atoms with Gasteiger partial charge in [-0.3, -0.25) is 4.79 Å². The predicted molar refractivity (Wildman–Crippen MR) is 84.1 cm³/mol. The van der Waals surface area contributed by atoms with Gasteiger partial charge in [0.25, 0.3) is 0 Å². The molecule has 4 heteroatoms. The van der Waals surface area contributed by atoms with Crippen LogP contribution in [0.3, 0.4) is 0 Å². The van der Waals surface area contributed by atoms with Crippen LogP contribution in [0.4, 0.5) is 5.69 Å². The van der Waals surface area contributed by atoms with Crippen LogP contribution < -0.4 is 4.90 Å². The number of hydrogen-bond acceptors (Lipinski definition) is 4. The first-order chi connectivity index (χ1) is 10.2. The lowest BCUT2D eigenvalue weighted by Crippen LogP contribution is -2.15. The van der Waals surface area contributed by atoms with Crippen molar-refractivity contribution in [1.82, 2.24) is 0 Å². The van der Waals surface area contributed by atoms with Crippen LogP contribution in [0.1, 0.15) is 10.4 Å². The van der Waals surface area contributed by atoms with E-state index in [2.05, 4.69) is 6.07 Å². The zero-order valence-corrected chi connectivity index (χ0v) is 12.2. The summed E-state index contributed by atoms with van der Waals surface area (Å²) in [5.41, 5.74) is 1.74. The zero-order valence-electron chi connectivity index (χ0n) is 11.4. The summed E-state index contributed by atoms with van der Waals surface area (Å²) in [5, 5.41) is 10.1. The zero-order chi connectivity index (χ0) is 14.8. The quantitative estimate of drug-likeness (QED) is 0.479. The number of nitrogens with zero attached hydrogens (tertiary/aromatic N) is 2. The maximum absolute atomic E-state index is 12.5. The van der Waals surface area contributed by atoms with E-state index in [9.17, 15) is 10.1 Å². The minimum absolute atomic E-state index is 0.185. The van der Waals surface area contributed by atoms with E-state index in [1.165, 1.54) is 11.8 Å². The second-order valence-corrected chi connectivity index (χ2v) is 5.65. The first kappa shape index (κ1) is 13.5. The molecule has 3 rings (SSSR count). The molecule has 0 atom stereocenters. The number of carbonyl (C=O) groups excluding carboxylic acids is 1. The number of rotatable bonds is 2.